The van der Waals surface area contributed by atoms with Crippen molar-refractivity contribution in [3.8, 4) is 0 Å². The Hall–Kier alpha value is -2.10. The van der Waals surface area contributed by atoms with Crippen LogP contribution in [0.15, 0.2) is 36.5 Å². The van der Waals surface area contributed by atoms with E-state index >= 15 is 0 Å². The van der Waals surface area contributed by atoms with Crippen LogP contribution in [0.4, 0.5) is 0 Å². The van der Waals surface area contributed by atoms with Crippen molar-refractivity contribution in [2.24, 2.45) is 5.73 Å². The van der Waals surface area contributed by atoms with Gasteiger partial charge in [0.1, 0.15) is 6.61 Å². The molecule has 3 N–H and O–H groups in total. The first-order chi connectivity index (χ1) is 28.2. The molecule has 0 heterocycles. The van der Waals surface area contributed by atoms with E-state index in [1.807, 2.05) is 12.2 Å². The van der Waals surface area contributed by atoms with E-state index in [4.69, 9.17) is 24.3 Å². The molecule has 11 heteroatoms. The summed E-state index contributed by atoms with van der Waals surface area (Å²) in [6.45, 7) is 3.56. The number of hydrogen-bond acceptors (Lipinski definition) is 9. The molecule has 0 bridgehead atoms. The van der Waals surface area contributed by atoms with Gasteiger partial charge in [0.15, 0.2) is 11.9 Å². The molecule has 58 heavy (non-hydrogen) atoms. The molecule has 0 aromatic carbocycles. The van der Waals surface area contributed by atoms with Crippen LogP contribution in [0.2, 0.25) is 0 Å². The molecule has 0 radical (unpaired) electrons. The maximum Gasteiger partial charge on any atom is 0.472 e. The SMILES string of the molecule is CCCCC/C=C\C=C\C(=O)CCCCCCCC(=O)OC[C@H](COP(=O)(O)OCCN)OC(=O)CCCCCCCCCCCCC/C=C\CCCCCCCC. The van der Waals surface area contributed by atoms with Gasteiger partial charge in [-0.1, -0.05) is 166 Å². The van der Waals surface area contributed by atoms with Crippen LogP contribution in [0.3, 0.4) is 0 Å². The highest BCUT2D eigenvalue weighted by atomic mass is 31.2. The van der Waals surface area contributed by atoms with Crippen LogP contribution in [-0.4, -0.2) is 55.1 Å². The highest BCUT2D eigenvalue weighted by molar-refractivity contribution is 7.47. The number of ketones is 1. The van der Waals surface area contributed by atoms with Gasteiger partial charge in [-0.25, -0.2) is 4.57 Å². The number of phosphoric acid groups is 1. The maximum atomic E-state index is 12.6. The Morgan fingerprint density at radius 3 is 1.55 bits per heavy atom. The third-order valence-electron chi connectivity index (χ3n) is 9.97. The Balaban J connectivity index is 4.15. The number of phosphoric ester groups is 1. The summed E-state index contributed by atoms with van der Waals surface area (Å²) in [4.78, 5) is 47.0. The lowest BCUT2D eigenvalue weighted by atomic mass is 10.0. The molecule has 2 atom stereocenters. The average molecular weight is 840 g/mol. The number of carbonyl (C=O) groups excluding carboxylic acids is 3. The van der Waals surface area contributed by atoms with Gasteiger partial charge in [0.05, 0.1) is 13.2 Å². The van der Waals surface area contributed by atoms with Gasteiger partial charge < -0.3 is 20.1 Å². The highest BCUT2D eigenvalue weighted by Gasteiger charge is 2.26. The molecule has 0 aliphatic heterocycles. The number of allylic oxidation sites excluding steroid dienone is 6. The maximum absolute atomic E-state index is 12.6. The first-order valence-electron chi connectivity index (χ1n) is 23.4. The van der Waals surface area contributed by atoms with Crippen LogP contribution in [0.1, 0.15) is 213 Å². The summed E-state index contributed by atoms with van der Waals surface area (Å²) < 4.78 is 32.8. The zero-order chi connectivity index (χ0) is 42.6. The summed E-state index contributed by atoms with van der Waals surface area (Å²) in [6, 6.07) is 0. The van der Waals surface area contributed by atoms with Gasteiger partial charge in [-0.3, -0.25) is 23.4 Å². The fourth-order valence-corrected chi connectivity index (χ4v) is 7.20. The van der Waals surface area contributed by atoms with Crippen molar-refractivity contribution >= 4 is 25.5 Å². The molecule has 0 saturated heterocycles. The van der Waals surface area contributed by atoms with Crippen molar-refractivity contribution in [3.63, 3.8) is 0 Å². The molecular formula is C47H86NO9P. The zero-order valence-corrected chi connectivity index (χ0v) is 37.9. The van der Waals surface area contributed by atoms with Crippen LogP contribution in [0.5, 0.6) is 0 Å². The molecular weight excluding hydrogens is 753 g/mol. The van der Waals surface area contributed by atoms with Gasteiger partial charge in [0.25, 0.3) is 0 Å². The molecule has 0 aromatic rings. The van der Waals surface area contributed by atoms with E-state index < -0.39 is 32.5 Å². The van der Waals surface area contributed by atoms with E-state index in [1.54, 1.807) is 6.08 Å². The molecule has 0 aliphatic rings. The molecule has 0 aromatic heterocycles. The largest absolute Gasteiger partial charge is 0.472 e. The number of carbonyl (C=O) groups is 3. The lowest BCUT2D eigenvalue weighted by Gasteiger charge is -2.19. The Kier molecular flexibility index (Phi) is 41.4. The van der Waals surface area contributed by atoms with Crippen molar-refractivity contribution in [1.29, 1.82) is 0 Å². The second-order valence-electron chi connectivity index (χ2n) is 15.7. The minimum absolute atomic E-state index is 0.0359. The normalized spacial score (nSPS) is 13.4. The Morgan fingerprint density at radius 2 is 1.00 bits per heavy atom. The smallest absolute Gasteiger partial charge is 0.462 e. The summed E-state index contributed by atoms with van der Waals surface area (Å²) in [5, 5.41) is 0. The second kappa shape index (κ2) is 43.0. The molecule has 10 nitrogen and oxygen atoms in total. The fourth-order valence-electron chi connectivity index (χ4n) is 6.43. The van der Waals surface area contributed by atoms with Crippen molar-refractivity contribution in [2.45, 2.75) is 219 Å². The van der Waals surface area contributed by atoms with E-state index in [1.165, 1.54) is 116 Å². The van der Waals surface area contributed by atoms with Crippen molar-refractivity contribution in [1.82, 2.24) is 0 Å². The minimum Gasteiger partial charge on any atom is -0.462 e. The quantitative estimate of drug-likeness (QED) is 0.0151. The Bertz CT molecular complexity index is 1110. The monoisotopic (exact) mass is 840 g/mol. The minimum atomic E-state index is -4.41. The van der Waals surface area contributed by atoms with E-state index in [0.717, 1.165) is 51.4 Å². The molecule has 0 spiro atoms. The average Bonchev–Trinajstić information content (AvgIpc) is 3.21. The van der Waals surface area contributed by atoms with Crippen LogP contribution < -0.4 is 5.73 Å². The number of nitrogens with two attached hydrogens (primary N) is 1. The second-order valence-corrected chi connectivity index (χ2v) is 17.1. The van der Waals surface area contributed by atoms with Gasteiger partial charge in [-0.05, 0) is 63.9 Å². The summed E-state index contributed by atoms with van der Waals surface area (Å²) in [7, 11) is -4.41. The summed E-state index contributed by atoms with van der Waals surface area (Å²) in [6.07, 6.45) is 44.2. The van der Waals surface area contributed by atoms with Crippen LogP contribution >= 0.6 is 7.82 Å². The lowest BCUT2D eigenvalue weighted by Crippen LogP contribution is -2.29. The van der Waals surface area contributed by atoms with Gasteiger partial charge in [0.2, 0.25) is 0 Å². The lowest BCUT2D eigenvalue weighted by molar-refractivity contribution is -0.161. The van der Waals surface area contributed by atoms with E-state index in [-0.39, 0.29) is 38.4 Å². The summed E-state index contributed by atoms with van der Waals surface area (Å²) >= 11 is 0. The van der Waals surface area contributed by atoms with Gasteiger partial charge in [-0.2, -0.15) is 0 Å². The number of rotatable bonds is 44. The molecule has 0 amide bonds. The predicted octanol–water partition coefficient (Wildman–Crippen LogP) is 12.9. The van der Waals surface area contributed by atoms with Crippen LogP contribution in [-0.2, 0) is 37.5 Å². The highest BCUT2D eigenvalue weighted by Crippen LogP contribution is 2.43. The van der Waals surface area contributed by atoms with E-state index in [9.17, 15) is 23.8 Å². The molecule has 338 valence electrons. The molecule has 1 unspecified atom stereocenters. The third kappa shape index (κ3) is 42.0. The van der Waals surface area contributed by atoms with Crippen molar-refractivity contribution in [2.75, 3.05) is 26.4 Å². The Labute approximate surface area is 354 Å². The standard InChI is InChI=1S/C47H86NO9P/c1-3-5-7-9-11-12-13-14-15-16-17-18-19-20-21-22-23-24-26-30-35-39-47(51)57-45(43-56-58(52,53)55-41-40-48)42-54-46(50)38-34-31-27-29-33-37-44(49)36-32-28-25-10-8-6-4-2/h14-15,25,28,32,36,45H,3-13,16-24,26-27,29-31,33-35,37-43,48H2,1-2H3,(H,52,53)/b15-14-,28-25-,36-32+/t45-/m1/s1. The van der Waals surface area contributed by atoms with E-state index in [2.05, 4.69) is 32.1 Å². The third-order valence-corrected chi connectivity index (χ3v) is 11.0. The molecule has 0 aliphatic carbocycles. The van der Waals surface area contributed by atoms with E-state index in [0.29, 0.717) is 19.3 Å². The van der Waals surface area contributed by atoms with Crippen molar-refractivity contribution in [3.05, 3.63) is 36.5 Å². The van der Waals surface area contributed by atoms with Gasteiger partial charge in [-0.15, -0.1) is 0 Å². The Morgan fingerprint density at radius 1 is 0.552 bits per heavy atom. The number of esters is 2. The fraction of sp³-hybridized carbons (Fsp3) is 0.809. The van der Waals surface area contributed by atoms with Gasteiger partial charge >= 0.3 is 19.8 Å². The first-order valence-corrected chi connectivity index (χ1v) is 24.9. The van der Waals surface area contributed by atoms with Gasteiger partial charge in [0, 0.05) is 25.8 Å². The number of unbranched alkanes of at least 4 members (excludes halogenated alkanes) is 24. The first kappa shape index (κ1) is 55.9. The topological polar surface area (TPSA) is 151 Å². The van der Waals surface area contributed by atoms with Crippen LogP contribution in [0, 0.1) is 0 Å². The zero-order valence-electron chi connectivity index (χ0n) is 37.0. The van der Waals surface area contributed by atoms with Crippen LogP contribution in [0.25, 0.3) is 0 Å². The summed E-state index contributed by atoms with van der Waals surface area (Å²) in [5.41, 5.74) is 5.35. The number of ether oxygens (including phenoxy) is 2. The molecule has 0 fully saturated rings. The molecule has 0 rings (SSSR count). The predicted molar refractivity (Wildman–Crippen MR) is 239 cm³/mol. The van der Waals surface area contributed by atoms with Crippen molar-refractivity contribution < 1.29 is 42.4 Å². The molecule has 0 saturated carbocycles. The number of hydrogen-bond donors (Lipinski definition) is 2. The summed E-state index contributed by atoms with van der Waals surface area (Å²) in [5.74, 6) is -0.794.